The van der Waals surface area contributed by atoms with Gasteiger partial charge in [-0.2, -0.15) is 0 Å². The summed E-state index contributed by atoms with van der Waals surface area (Å²) < 4.78 is 11.8. The smallest absolute Gasteiger partial charge is 0.186 e. The van der Waals surface area contributed by atoms with Crippen molar-refractivity contribution in [3.8, 4) is 0 Å². The van der Waals surface area contributed by atoms with Gasteiger partial charge in [0.2, 0.25) is 0 Å². The Balaban J connectivity index is 4.33. The lowest BCUT2D eigenvalue weighted by molar-refractivity contribution is 0.324. The Labute approximate surface area is 189 Å². The summed E-state index contributed by atoms with van der Waals surface area (Å²) >= 11 is 0. The van der Waals surface area contributed by atoms with E-state index in [-0.39, 0.29) is 0 Å². The van der Waals surface area contributed by atoms with Crippen LogP contribution in [0, 0.1) is 0 Å². The van der Waals surface area contributed by atoms with E-state index >= 15 is 0 Å². The maximum absolute atomic E-state index is 6.02. The van der Waals surface area contributed by atoms with E-state index < -0.39 is 33.0 Å². The molecule has 0 saturated carbocycles. The molecule has 0 spiro atoms. The van der Waals surface area contributed by atoms with Crippen LogP contribution in [-0.2, 0) is 4.43 Å². The monoisotopic (exact) mass is 476 g/mol. The summed E-state index contributed by atoms with van der Waals surface area (Å²) in [6, 6.07) is 1.30. The van der Waals surface area contributed by atoms with E-state index in [0.717, 1.165) is 6.61 Å². The molecule has 0 saturated heterocycles. The van der Waals surface area contributed by atoms with Crippen LogP contribution in [-0.4, -0.2) is 68.1 Å². The molecule has 0 atom stereocenters. The lowest BCUT2D eigenvalue weighted by Crippen LogP contribution is -2.59. The van der Waals surface area contributed by atoms with Gasteiger partial charge in [0.05, 0.1) is 0 Å². The molecule has 0 N–H and O–H groups in total. The predicted octanol–water partition coefficient (Wildman–Crippen LogP) is 7.29. The first-order valence-electron chi connectivity index (χ1n) is 12.2. The third kappa shape index (κ3) is 13.7. The Hall–Kier alpha value is 0.748. The molecule has 0 heterocycles. The molecular weight excluding hydrogens is 421 g/mol. The number of nitrogens with zero attached hydrogens (tertiary/aromatic N) is 2. The Morgan fingerprint density at radius 1 is 0.552 bits per heavy atom. The molecule has 7 heteroatoms. The minimum atomic E-state index is -1.43. The van der Waals surface area contributed by atoms with Gasteiger partial charge in [-0.3, -0.25) is 0 Å². The van der Waals surface area contributed by atoms with Gasteiger partial charge in [0, 0.05) is 6.61 Å². The molecule has 0 aliphatic carbocycles. The fourth-order valence-electron chi connectivity index (χ4n) is 4.54. The van der Waals surface area contributed by atoms with Gasteiger partial charge in [-0.05, 0) is 65.0 Å². The quantitative estimate of drug-likeness (QED) is 0.172. The molecule has 3 nitrogen and oxygen atoms in total. The molecule has 0 unspecified atom stereocenters. The minimum Gasteiger partial charge on any atom is -0.418 e. The van der Waals surface area contributed by atoms with Gasteiger partial charge in [0.1, 0.15) is 24.7 Å². The zero-order valence-electron chi connectivity index (χ0n) is 22.4. The lowest BCUT2D eigenvalue weighted by atomic mass is 10.2. The zero-order valence-corrected chi connectivity index (χ0v) is 26.4. The summed E-state index contributed by atoms with van der Waals surface area (Å²) in [5, 5.41) is 0. The summed E-state index contributed by atoms with van der Waals surface area (Å²) in [6.07, 6.45) is 6.86. The van der Waals surface area contributed by atoms with Crippen molar-refractivity contribution < 1.29 is 4.43 Å². The summed E-state index contributed by atoms with van der Waals surface area (Å²) in [5.74, 6) is 0. The summed E-state index contributed by atoms with van der Waals surface area (Å²) in [6.45, 7) is 34.3. The third-order valence-corrected chi connectivity index (χ3v) is 18.6. The van der Waals surface area contributed by atoms with Crippen molar-refractivity contribution in [2.24, 2.45) is 0 Å². The number of rotatable bonds is 16. The molecule has 176 valence electrons. The summed E-state index contributed by atoms with van der Waals surface area (Å²) in [7, 11) is -5.03. The summed E-state index contributed by atoms with van der Waals surface area (Å²) in [5.41, 5.74) is 0. The highest BCUT2D eigenvalue weighted by Gasteiger charge is 2.33. The van der Waals surface area contributed by atoms with Crippen molar-refractivity contribution in [3.05, 3.63) is 0 Å². The largest absolute Gasteiger partial charge is 0.418 e. The van der Waals surface area contributed by atoms with Crippen LogP contribution in [0.25, 0.3) is 0 Å². The molecule has 0 fully saturated rings. The Kier molecular flexibility index (Phi) is 13.0. The van der Waals surface area contributed by atoms with Gasteiger partial charge in [0.25, 0.3) is 0 Å². The minimum absolute atomic E-state index is 0.879. The van der Waals surface area contributed by atoms with Gasteiger partial charge < -0.3 is 13.2 Å². The van der Waals surface area contributed by atoms with E-state index in [1.807, 2.05) is 0 Å². The van der Waals surface area contributed by atoms with E-state index in [2.05, 4.69) is 87.7 Å². The van der Waals surface area contributed by atoms with Crippen LogP contribution < -0.4 is 0 Å². The average Bonchev–Trinajstić information content (AvgIpc) is 2.48. The van der Waals surface area contributed by atoms with Gasteiger partial charge >= 0.3 is 0 Å². The molecule has 0 rings (SSSR count). The number of hydrogen-bond donors (Lipinski definition) is 0. The first-order chi connectivity index (χ1) is 13.0. The van der Waals surface area contributed by atoms with Crippen LogP contribution >= 0.6 is 0 Å². The van der Waals surface area contributed by atoms with E-state index in [1.54, 1.807) is 0 Å². The topological polar surface area (TPSA) is 15.7 Å². The molecular formula is C22H56N2OSi4. The van der Waals surface area contributed by atoms with Crippen LogP contribution in [0.1, 0.15) is 39.0 Å². The van der Waals surface area contributed by atoms with Crippen LogP contribution in [0.2, 0.25) is 78.1 Å². The molecule has 29 heavy (non-hydrogen) atoms. The molecule has 0 aromatic rings. The highest BCUT2D eigenvalue weighted by atomic mass is 28.4. The molecule has 0 aromatic heterocycles. The fraction of sp³-hybridized carbons (Fsp3) is 1.00. The molecule has 0 aromatic carbocycles. The molecule has 0 aliphatic heterocycles. The maximum atomic E-state index is 6.02. The highest BCUT2D eigenvalue weighted by molar-refractivity contribution is 6.89. The molecule has 0 aliphatic rings. The van der Waals surface area contributed by atoms with Gasteiger partial charge in [-0.1, -0.05) is 71.8 Å². The highest BCUT2D eigenvalue weighted by Crippen LogP contribution is 2.21. The molecule has 0 radical (unpaired) electrons. The first kappa shape index (κ1) is 29.7. The second kappa shape index (κ2) is 12.7. The molecule has 0 amide bonds. The number of hydrogen-bond acceptors (Lipinski definition) is 3. The molecule has 0 bridgehead atoms. The van der Waals surface area contributed by atoms with E-state index in [9.17, 15) is 0 Å². The van der Waals surface area contributed by atoms with E-state index in [4.69, 9.17) is 4.43 Å². The van der Waals surface area contributed by atoms with Gasteiger partial charge in [-0.15, -0.1) is 0 Å². The van der Waals surface area contributed by atoms with Crippen molar-refractivity contribution in [1.29, 1.82) is 0 Å². The average molecular weight is 477 g/mol. The van der Waals surface area contributed by atoms with E-state index in [1.165, 1.54) is 57.8 Å². The first-order valence-corrected chi connectivity index (χ1v) is 25.6. The SMILES string of the molecule is CCO[Si](C)(C)CCCN(CCCCCCN([Si](C)(C)C)[Si](C)(C)C)[Si](C)(C)C. The van der Waals surface area contributed by atoms with Crippen molar-refractivity contribution in [1.82, 2.24) is 8.80 Å². The van der Waals surface area contributed by atoms with Crippen molar-refractivity contribution in [2.45, 2.75) is 117 Å². The van der Waals surface area contributed by atoms with Crippen LogP contribution in [0.5, 0.6) is 0 Å². The Morgan fingerprint density at radius 2 is 1.00 bits per heavy atom. The zero-order chi connectivity index (χ0) is 22.9. The third-order valence-electron chi connectivity index (χ3n) is 5.87. The predicted molar refractivity (Wildman–Crippen MR) is 145 cm³/mol. The van der Waals surface area contributed by atoms with Gasteiger partial charge in [0.15, 0.2) is 8.32 Å². The van der Waals surface area contributed by atoms with Crippen molar-refractivity contribution >= 4 is 33.0 Å². The Morgan fingerprint density at radius 3 is 1.41 bits per heavy atom. The van der Waals surface area contributed by atoms with E-state index in [0.29, 0.717) is 0 Å². The maximum Gasteiger partial charge on any atom is 0.186 e. The van der Waals surface area contributed by atoms with Crippen LogP contribution in [0.3, 0.4) is 0 Å². The second-order valence-electron chi connectivity index (χ2n) is 12.4. The lowest BCUT2D eigenvalue weighted by Gasteiger charge is -2.43. The van der Waals surface area contributed by atoms with Crippen LogP contribution in [0.15, 0.2) is 0 Å². The Bertz CT molecular complexity index is 426. The van der Waals surface area contributed by atoms with Crippen molar-refractivity contribution in [3.63, 3.8) is 0 Å². The normalized spacial score (nSPS) is 14.3. The second-order valence-corrected chi connectivity index (χ2v) is 31.9. The van der Waals surface area contributed by atoms with Gasteiger partial charge in [-0.25, -0.2) is 0 Å². The van der Waals surface area contributed by atoms with Crippen LogP contribution in [0.4, 0.5) is 0 Å². The number of unbranched alkanes of at least 4 members (excludes halogenated alkanes) is 3. The van der Waals surface area contributed by atoms with Crippen molar-refractivity contribution in [2.75, 3.05) is 26.2 Å². The fourth-order valence-corrected chi connectivity index (χ4v) is 17.8. The summed E-state index contributed by atoms with van der Waals surface area (Å²) in [4.78, 5) is 0. The standard InChI is InChI=1S/C22H56N2OSi4/c1-13-25-29(11,12)22-18-20-23(26(2,3)4)19-16-14-15-17-21-24(27(5,6)7)28(8,9)10/h13-22H2,1-12H3.